The van der Waals surface area contributed by atoms with Gasteiger partial charge < -0.3 is 4.55 Å². The fourth-order valence-electron chi connectivity index (χ4n) is 0.644. The van der Waals surface area contributed by atoms with Crippen LogP contribution in [-0.2, 0) is 9.99 Å². The van der Waals surface area contributed by atoms with Crippen LogP contribution in [0.4, 0.5) is 0 Å². The second kappa shape index (κ2) is 4.74. The lowest BCUT2D eigenvalue weighted by molar-refractivity contribution is 0.549. The van der Waals surface area contributed by atoms with Gasteiger partial charge in [-0.3, -0.25) is 0 Å². The predicted octanol–water partition coefficient (Wildman–Crippen LogP) is 1.12. The third-order valence-corrected chi connectivity index (χ3v) is 2.65. The molecule has 0 aliphatic rings. The molecule has 2 N–H and O–H groups in total. The zero-order valence-electron chi connectivity index (χ0n) is 7.33. The zero-order valence-corrected chi connectivity index (χ0v) is 8.15. The van der Waals surface area contributed by atoms with Gasteiger partial charge in [0.1, 0.15) is 9.99 Å². The van der Waals surface area contributed by atoms with Crippen LogP contribution in [0.1, 0.15) is 26.7 Å². The van der Waals surface area contributed by atoms with Crippen molar-refractivity contribution in [3.63, 3.8) is 0 Å². The van der Waals surface area contributed by atoms with Crippen LogP contribution in [0.5, 0.6) is 0 Å². The summed E-state index contributed by atoms with van der Waals surface area (Å²) >= 11 is 0. The average molecular weight is 179 g/mol. The molecule has 1 unspecified atom stereocenters. The molecule has 0 aromatic carbocycles. The topological polar surface area (TPSA) is 49.3 Å². The lowest BCUT2D eigenvalue weighted by atomic mass is 10.1. The molecule has 0 fully saturated rings. The zero-order chi connectivity index (χ0) is 8.91. The van der Waals surface area contributed by atoms with E-state index >= 15 is 0 Å². The quantitative estimate of drug-likeness (QED) is 0.635. The molecule has 0 aromatic heterocycles. The monoisotopic (exact) mass is 179 g/mol. The van der Waals surface area contributed by atoms with Gasteiger partial charge in [-0.15, -0.1) is 0 Å². The molecule has 0 amide bonds. The minimum absolute atomic E-state index is 0.582. The van der Waals surface area contributed by atoms with Crippen LogP contribution >= 0.6 is 0 Å². The third kappa shape index (κ3) is 6.34. The lowest BCUT2D eigenvalue weighted by Gasteiger charge is -2.02. The van der Waals surface area contributed by atoms with Gasteiger partial charge in [-0.05, 0) is 25.8 Å². The first-order chi connectivity index (χ1) is 4.98. The predicted molar refractivity (Wildman–Crippen MR) is 50.0 cm³/mol. The van der Waals surface area contributed by atoms with Crippen molar-refractivity contribution in [2.45, 2.75) is 26.7 Å². The molecule has 0 bridgehead atoms. The first-order valence-electron chi connectivity index (χ1n) is 3.76. The van der Waals surface area contributed by atoms with E-state index in [1.165, 1.54) is 12.4 Å². The van der Waals surface area contributed by atoms with Crippen LogP contribution < -0.4 is 4.72 Å². The number of nitrogens with one attached hydrogen (secondary N) is 1. The van der Waals surface area contributed by atoms with Gasteiger partial charge in [0.25, 0.3) is 0 Å². The highest BCUT2D eigenvalue weighted by Gasteiger charge is 1.96. The summed E-state index contributed by atoms with van der Waals surface area (Å²) in [5, 5.41) is 1.44. The van der Waals surface area contributed by atoms with E-state index in [1.807, 2.05) is 0 Å². The highest BCUT2D eigenvalue weighted by atomic mass is 32.2. The smallest absolute Gasteiger partial charge is 0.141 e. The normalized spacial score (nSPS) is 16.5. The van der Waals surface area contributed by atoms with Gasteiger partial charge in [0.15, 0.2) is 0 Å². The molecule has 0 radical (unpaired) electrons. The molecule has 1 atom stereocenters. The van der Waals surface area contributed by atoms with Crippen LogP contribution in [0.3, 0.4) is 0 Å². The van der Waals surface area contributed by atoms with Crippen molar-refractivity contribution in [2.75, 3.05) is 7.05 Å². The Morgan fingerprint density at radius 3 is 2.55 bits per heavy atom. The molecular weight excluding hydrogens is 162 g/mol. The number of hydrogen-bond acceptors (Lipinski definition) is 1. The maximum atomic E-state index is 10.9. The van der Waals surface area contributed by atoms with E-state index in [-0.39, 0.29) is 0 Å². The van der Waals surface area contributed by atoms with E-state index in [2.05, 4.69) is 18.6 Å². The molecule has 4 heteroatoms. The fraction of sp³-hybridized carbons (Fsp3) is 0.857. The lowest BCUT2D eigenvalue weighted by Crippen LogP contribution is -2.19. The van der Waals surface area contributed by atoms with Gasteiger partial charge in [0.2, 0.25) is 0 Å². The summed E-state index contributed by atoms with van der Waals surface area (Å²) in [5.74, 6) is 0.582. The minimum atomic E-state index is -2.84. The van der Waals surface area contributed by atoms with E-state index in [1.54, 1.807) is 0 Å². The molecule has 0 rings (SSSR count). The highest BCUT2D eigenvalue weighted by Crippen LogP contribution is 2.01. The molecule has 68 valence electrons. The van der Waals surface area contributed by atoms with E-state index < -0.39 is 9.99 Å². The van der Waals surface area contributed by atoms with E-state index in [0.29, 0.717) is 12.3 Å². The van der Waals surface area contributed by atoms with Crippen LogP contribution in [-0.4, -0.2) is 21.2 Å². The maximum absolute atomic E-state index is 10.9. The van der Waals surface area contributed by atoms with Gasteiger partial charge in [0, 0.05) is 5.37 Å². The van der Waals surface area contributed by atoms with Crippen molar-refractivity contribution in [3.8, 4) is 0 Å². The Bertz CT molecular complexity index is 204. The Balaban J connectivity index is 3.84. The fourth-order valence-corrected chi connectivity index (χ4v) is 1.27. The Morgan fingerprint density at radius 1 is 1.64 bits per heavy atom. The maximum Gasteiger partial charge on any atom is 0.141 e. The summed E-state index contributed by atoms with van der Waals surface area (Å²) in [6, 6.07) is 0. The minimum Gasteiger partial charge on any atom is -0.302 e. The number of hydrogen-bond donors (Lipinski definition) is 2. The molecule has 0 aromatic rings. The van der Waals surface area contributed by atoms with Crippen molar-refractivity contribution in [1.82, 2.24) is 4.72 Å². The van der Waals surface area contributed by atoms with E-state index in [9.17, 15) is 4.21 Å². The molecule has 0 spiro atoms. The number of rotatable bonds is 4. The second-order valence-corrected chi connectivity index (χ2v) is 4.79. The Hall–Kier alpha value is -0.0600. The first kappa shape index (κ1) is 10.9. The summed E-state index contributed by atoms with van der Waals surface area (Å²) in [6.45, 7) is 4.18. The van der Waals surface area contributed by atoms with Crippen LogP contribution in [0, 0.1) is 5.92 Å². The van der Waals surface area contributed by atoms with Gasteiger partial charge in [0.05, 0.1) is 0 Å². The Labute approximate surface area is 69.2 Å². The summed E-state index contributed by atoms with van der Waals surface area (Å²) in [7, 11) is -1.36. The Morgan fingerprint density at radius 2 is 2.18 bits per heavy atom. The third-order valence-electron chi connectivity index (χ3n) is 1.38. The molecule has 0 aliphatic carbocycles. The van der Waals surface area contributed by atoms with Crippen molar-refractivity contribution < 1.29 is 8.76 Å². The second-order valence-electron chi connectivity index (χ2n) is 2.91. The largest absolute Gasteiger partial charge is 0.302 e. The van der Waals surface area contributed by atoms with Crippen molar-refractivity contribution in [2.24, 2.45) is 5.92 Å². The first-order valence-corrected chi connectivity index (χ1v) is 5.34. The van der Waals surface area contributed by atoms with Gasteiger partial charge in [-0.25, -0.2) is 8.93 Å². The summed E-state index contributed by atoms with van der Waals surface area (Å²) in [6.07, 6.45) is 1.65. The SMILES string of the molecule is CNS(=O)(O)=CCCC(C)C. The molecule has 11 heavy (non-hydrogen) atoms. The average Bonchev–Trinajstić information content (AvgIpc) is 1.87. The summed E-state index contributed by atoms with van der Waals surface area (Å²) < 4.78 is 22.3. The molecule has 0 saturated heterocycles. The standard InChI is InChI=1S/C7H17NO2S/c1-7(2)5-4-6-11(9,10)8-3/h6-7H,4-5H2,1-3H3,(H2,8,9,10). The summed E-state index contributed by atoms with van der Waals surface area (Å²) in [4.78, 5) is 0. The van der Waals surface area contributed by atoms with Crippen LogP contribution in [0.25, 0.3) is 0 Å². The van der Waals surface area contributed by atoms with Crippen LogP contribution in [0.15, 0.2) is 0 Å². The van der Waals surface area contributed by atoms with Gasteiger partial charge >= 0.3 is 0 Å². The van der Waals surface area contributed by atoms with E-state index in [0.717, 1.165) is 6.42 Å². The van der Waals surface area contributed by atoms with Gasteiger partial charge in [-0.2, -0.15) is 0 Å². The molecule has 0 saturated carbocycles. The summed E-state index contributed by atoms with van der Waals surface area (Å²) in [5.41, 5.74) is 0. The van der Waals surface area contributed by atoms with Crippen LogP contribution in [0.2, 0.25) is 0 Å². The highest BCUT2D eigenvalue weighted by molar-refractivity contribution is 7.94. The Kier molecular flexibility index (Phi) is 4.72. The van der Waals surface area contributed by atoms with Crippen molar-refractivity contribution in [3.05, 3.63) is 0 Å². The van der Waals surface area contributed by atoms with E-state index in [4.69, 9.17) is 4.55 Å². The molecule has 0 heterocycles. The molecule has 0 aliphatic heterocycles. The van der Waals surface area contributed by atoms with Gasteiger partial charge in [-0.1, -0.05) is 13.8 Å². The van der Waals surface area contributed by atoms with Crippen molar-refractivity contribution >= 4 is 15.4 Å². The molecule has 3 nitrogen and oxygen atoms in total. The molecular formula is C7H17NO2S. The van der Waals surface area contributed by atoms with Crippen molar-refractivity contribution in [1.29, 1.82) is 0 Å².